The summed E-state index contributed by atoms with van der Waals surface area (Å²) in [5.74, 6) is -1.39. The molecule has 1 unspecified atom stereocenters. The molecule has 3 aliphatic carbocycles. The third-order valence-corrected chi connectivity index (χ3v) is 11.2. The summed E-state index contributed by atoms with van der Waals surface area (Å²) in [6.45, 7) is 2.26. The molecule has 12 atom stereocenters. The lowest BCUT2D eigenvalue weighted by atomic mass is 9.52. The van der Waals surface area contributed by atoms with Gasteiger partial charge in [-0.25, -0.2) is 9.59 Å². The number of ether oxygens (including phenoxy) is 3. The average molecular weight is 524 g/mol. The number of hydrogen-bond acceptors (Lipinski definition) is 8. The number of carbonyl (C=O) groups is 2. The van der Waals surface area contributed by atoms with Crippen LogP contribution in [0.25, 0.3) is 0 Å². The van der Waals surface area contributed by atoms with E-state index in [2.05, 4.69) is 11.8 Å². The van der Waals surface area contributed by atoms with Crippen LogP contribution in [0.15, 0.2) is 41.5 Å². The maximum absolute atomic E-state index is 13.8. The van der Waals surface area contributed by atoms with Crippen molar-refractivity contribution in [1.29, 1.82) is 0 Å². The van der Waals surface area contributed by atoms with Crippen LogP contribution < -0.4 is 0 Å². The van der Waals surface area contributed by atoms with Gasteiger partial charge in [0.05, 0.1) is 41.6 Å². The zero-order chi connectivity index (χ0) is 26.6. The molecule has 0 aromatic heterocycles. The third-order valence-electron chi connectivity index (χ3n) is 11.2. The fourth-order valence-electron chi connectivity index (χ4n) is 10.3. The Morgan fingerprint density at radius 1 is 1.03 bits per heavy atom. The molecule has 0 radical (unpaired) electrons. The molecule has 1 aromatic carbocycles. The molecule has 3 saturated heterocycles. The van der Waals surface area contributed by atoms with Gasteiger partial charge in [0, 0.05) is 31.0 Å². The summed E-state index contributed by atoms with van der Waals surface area (Å²) in [6.07, 6.45) is 2.39. The van der Waals surface area contributed by atoms with Gasteiger partial charge in [-0.2, -0.15) is 0 Å². The predicted octanol–water partition coefficient (Wildman–Crippen LogP) is 2.47. The van der Waals surface area contributed by atoms with E-state index in [4.69, 9.17) is 14.2 Å². The van der Waals surface area contributed by atoms with Gasteiger partial charge in [-0.3, -0.25) is 4.90 Å². The number of fused-ring (bicyclic) bond motifs is 2. The highest BCUT2D eigenvalue weighted by Crippen LogP contribution is 2.75. The molecular weight excluding hydrogens is 486 g/mol. The van der Waals surface area contributed by atoms with E-state index in [1.165, 1.54) is 7.11 Å². The van der Waals surface area contributed by atoms with E-state index in [1.807, 2.05) is 6.07 Å². The first-order valence-electron chi connectivity index (χ1n) is 14.1. The molecule has 2 saturated carbocycles. The molecule has 7 rings (SSSR count). The Morgan fingerprint density at radius 2 is 1.76 bits per heavy atom. The third kappa shape index (κ3) is 2.85. The van der Waals surface area contributed by atoms with Gasteiger partial charge >= 0.3 is 11.9 Å². The molecule has 5 fully saturated rings. The highest BCUT2D eigenvalue weighted by molar-refractivity contribution is 5.95. The Hall–Kier alpha value is -2.26. The minimum absolute atomic E-state index is 0.0367. The van der Waals surface area contributed by atoms with Crippen LogP contribution in [0.3, 0.4) is 0 Å². The molecular formula is C30H37NO7. The minimum Gasteiger partial charge on any atom is -0.466 e. The van der Waals surface area contributed by atoms with Crippen molar-refractivity contribution in [3.8, 4) is 0 Å². The van der Waals surface area contributed by atoms with E-state index in [-0.39, 0.29) is 29.4 Å². The first-order valence-corrected chi connectivity index (χ1v) is 14.1. The van der Waals surface area contributed by atoms with Crippen molar-refractivity contribution >= 4 is 11.9 Å². The second-order valence-corrected chi connectivity index (χ2v) is 12.4. The monoisotopic (exact) mass is 523 g/mol. The largest absolute Gasteiger partial charge is 0.466 e. The molecule has 8 nitrogen and oxygen atoms in total. The Kier molecular flexibility index (Phi) is 5.45. The summed E-state index contributed by atoms with van der Waals surface area (Å²) in [6, 6.07) is 9.30. The van der Waals surface area contributed by atoms with E-state index in [1.54, 1.807) is 31.4 Å². The van der Waals surface area contributed by atoms with Gasteiger partial charge in [-0.05, 0) is 75.0 Å². The van der Waals surface area contributed by atoms with Crippen molar-refractivity contribution in [3.05, 3.63) is 47.0 Å². The number of carbonyl (C=O) groups excluding carboxylic acids is 2. The molecule has 204 valence electrons. The SMILES string of the molecule is COC(=O)C1=C2[C@]3([C@H]4C[C@@H]5[C@@H](CC[C@@H](C)N53)[C@@]2(O)C4)[C@@H]2CC[C@H](O)[C@H](OC)[C@@H]2[C@@H]1OC(=O)c1ccccc1. The highest BCUT2D eigenvalue weighted by Gasteiger charge is 2.81. The summed E-state index contributed by atoms with van der Waals surface area (Å²) in [7, 11) is 2.92. The van der Waals surface area contributed by atoms with Crippen LogP contribution in [0.4, 0.5) is 0 Å². The van der Waals surface area contributed by atoms with Gasteiger partial charge in [-0.1, -0.05) is 18.2 Å². The Balaban J connectivity index is 1.49. The maximum Gasteiger partial charge on any atom is 0.338 e. The van der Waals surface area contributed by atoms with Crippen LogP contribution >= 0.6 is 0 Å². The molecule has 5 bridgehead atoms. The summed E-state index contributed by atoms with van der Waals surface area (Å²) in [5, 5.41) is 23.7. The zero-order valence-electron chi connectivity index (χ0n) is 22.2. The number of aliphatic hydroxyl groups is 2. The summed E-state index contributed by atoms with van der Waals surface area (Å²) in [5.41, 5.74) is -0.273. The van der Waals surface area contributed by atoms with Crippen LogP contribution in [0.1, 0.15) is 55.8 Å². The summed E-state index contributed by atoms with van der Waals surface area (Å²) >= 11 is 0. The number of esters is 2. The molecule has 1 spiro atoms. The predicted molar refractivity (Wildman–Crippen MR) is 136 cm³/mol. The Labute approximate surface area is 222 Å². The number of methoxy groups -OCH3 is 2. The van der Waals surface area contributed by atoms with Crippen LogP contribution in [0.2, 0.25) is 0 Å². The van der Waals surface area contributed by atoms with Gasteiger partial charge in [-0.15, -0.1) is 0 Å². The summed E-state index contributed by atoms with van der Waals surface area (Å²) in [4.78, 5) is 29.9. The van der Waals surface area contributed by atoms with Crippen molar-refractivity contribution < 1.29 is 34.0 Å². The highest BCUT2D eigenvalue weighted by atomic mass is 16.6. The van der Waals surface area contributed by atoms with Gasteiger partial charge in [0.15, 0.2) is 0 Å². The van der Waals surface area contributed by atoms with E-state index in [0.29, 0.717) is 30.9 Å². The number of hydrogen-bond donors (Lipinski definition) is 2. The van der Waals surface area contributed by atoms with Crippen molar-refractivity contribution in [2.45, 2.75) is 87.0 Å². The minimum atomic E-state index is -1.13. The normalized spacial score (nSPS) is 47.9. The molecule has 8 heteroatoms. The van der Waals surface area contributed by atoms with E-state index >= 15 is 0 Å². The van der Waals surface area contributed by atoms with Gasteiger partial charge in [0.1, 0.15) is 6.10 Å². The van der Waals surface area contributed by atoms with Crippen LogP contribution in [0.5, 0.6) is 0 Å². The number of piperidine rings is 2. The lowest BCUT2D eigenvalue weighted by Gasteiger charge is -2.65. The molecule has 3 heterocycles. The number of rotatable bonds is 4. The summed E-state index contributed by atoms with van der Waals surface area (Å²) < 4.78 is 17.6. The molecule has 6 aliphatic rings. The van der Waals surface area contributed by atoms with Crippen molar-refractivity contribution in [3.63, 3.8) is 0 Å². The Bertz CT molecular complexity index is 1200. The quantitative estimate of drug-likeness (QED) is 0.580. The number of nitrogens with zero attached hydrogens (tertiary/aromatic N) is 1. The first-order chi connectivity index (χ1) is 18.3. The lowest BCUT2D eigenvalue weighted by Crippen LogP contribution is -2.74. The zero-order valence-corrected chi connectivity index (χ0v) is 22.2. The maximum atomic E-state index is 13.8. The molecule has 38 heavy (non-hydrogen) atoms. The second-order valence-electron chi connectivity index (χ2n) is 12.4. The fraction of sp³-hybridized carbons (Fsp3) is 0.667. The number of aliphatic hydroxyl groups excluding tert-OH is 1. The lowest BCUT2D eigenvalue weighted by molar-refractivity contribution is -0.181. The van der Waals surface area contributed by atoms with Gasteiger partial charge in [0.25, 0.3) is 0 Å². The molecule has 0 amide bonds. The van der Waals surface area contributed by atoms with Crippen molar-refractivity contribution in [1.82, 2.24) is 4.90 Å². The molecule has 1 aromatic rings. The number of benzene rings is 1. The second kappa shape index (κ2) is 8.37. The van der Waals surface area contributed by atoms with Gasteiger partial charge < -0.3 is 24.4 Å². The standard InChI is InChI=1S/C30H37NO7/c1-15-9-10-18-20-13-17-14-29(18,35)26-23(28(34)37-3)25(38-27(33)16-7-5-4-6-8-16)22-19(30(17,26)31(15)20)11-12-21(32)24(22)36-2/h4-8,15,17-22,24-25,32,35H,9-14H2,1-3H3/t15-,17+,18-,19-,20-,21+,22-,24+,25+,29+,30+/m1/s1. The van der Waals surface area contributed by atoms with Crippen LogP contribution in [0, 0.1) is 23.7 Å². The van der Waals surface area contributed by atoms with E-state index in [0.717, 1.165) is 24.8 Å². The van der Waals surface area contributed by atoms with Crippen molar-refractivity contribution in [2.24, 2.45) is 23.7 Å². The van der Waals surface area contributed by atoms with Crippen LogP contribution in [-0.2, 0) is 19.0 Å². The van der Waals surface area contributed by atoms with E-state index in [9.17, 15) is 19.8 Å². The van der Waals surface area contributed by atoms with E-state index < -0.39 is 47.3 Å². The average Bonchev–Trinajstić information content (AvgIpc) is 3.32. The fourth-order valence-corrected chi connectivity index (χ4v) is 10.3. The molecule has 3 aliphatic heterocycles. The first kappa shape index (κ1) is 24.8. The topological polar surface area (TPSA) is 106 Å². The van der Waals surface area contributed by atoms with Crippen molar-refractivity contribution in [2.75, 3.05) is 14.2 Å². The smallest absolute Gasteiger partial charge is 0.338 e. The molecule has 2 N–H and O–H groups in total. The van der Waals surface area contributed by atoms with Gasteiger partial charge in [0.2, 0.25) is 0 Å². The Morgan fingerprint density at radius 3 is 2.47 bits per heavy atom. The van der Waals surface area contributed by atoms with Crippen LogP contribution in [-0.4, -0.2) is 82.8 Å².